The summed E-state index contributed by atoms with van der Waals surface area (Å²) in [6.07, 6.45) is 3.93. The number of carbonyl (C=O) groups is 1. The fourth-order valence-corrected chi connectivity index (χ4v) is 2.67. The summed E-state index contributed by atoms with van der Waals surface area (Å²) in [5.41, 5.74) is 0.650. The number of hydrogen-bond donors (Lipinski definition) is 3. The van der Waals surface area contributed by atoms with Crippen LogP contribution in [-0.4, -0.2) is 36.4 Å². The minimum atomic E-state index is -0.437. The Morgan fingerprint density at radius 1 is 1.25 bits per heavy atom. The highest BCUT2D eigenvalue weighted by Crippen LogP contribution is 2.23. The molecule has 1 saturated heterocycles. The molecule has 1 unspecified atom stereocenters. The van der Waals surface area contributed by atoms with E-state index in [2.05, 4.69) is 22.5 Å². The van der Waals surface area contributed by atoms with E-state index in [9.17, 15) is 4.79 Å². The Balaban J connectivity index is 1.62. The fourth-order valence-electron chi connectivity index (χ4n) is 2.67. The largest absolute Gasteiger partial charge is 0.444 e. The maximum Gasteiger partial charge on any atom is 0.407 e. The molecule has 5 heteroatoms. The zero-order chi connectivity index (χ0) is 14.8. The highest BCUT2D eigenvalue weighted by Gasteiger charge is 2.32. The van der Waals surface area contributed by atoms with E-state index in [-0.39, 0.29) is 12.1 Å². The molecule has 20 heavy (non-hydrogen) atoms. The molecule has 2 aliphatic rings. The molecule has 1 amide bonds. The molecule has 0 bridgehead atoms. The number of hydrogen-bond acceptors (Lipinski definition) is 4. The van der Waals surface area contributed by atoms with Gasteiger partial charge in [0.2, 0.25) is 0 Å². The van der Waals surface area contributed by atoms with Gasteiger partial charge in [0.15, 0.2) is 0 Å². The number of rotatable bonds is 4. The molecule has 0 spiro atoms. The molecule has 1 heterocycles. The first-order valence-corrected chi connectivity index (χ1v) is 7.52. The zero-order valence-electron chi connectivity index (χ0n) is 12.8. The van der Waals surface area contributed by atoms with Gasteiger partial charge in [-0.25, -0.2) is 4.79 Å². The highest BCUT2D eigenvalue weighted by atomic mass is 16.6. The van der Waals surface area contributed by atoms with Crippen LogP contribution in [0, 0.1) is 0 Å². The van der Waals surface area contributed by atoms with Crippen molar-refractivity contribution < 1.29 is 9.53 Å². The van der Waals surface area contributed by atoms with Crippen LogP contribution >= 0.6 is 0 Å². The van der Waals surface area contributed by atoms with Crippen molar-refractivity contribution in [2.24, 2.45) is 0 Å². The van der Waals surface area contributed by atoms with E-state index < -0.39 is 5.60 Å². The second-order valence-corrected chi connectivity index (χ2v) is 6.83. The van der Waals surface area contributed by atoms with Gasteiger partial charge in [-0.2, -0.15) is 0 Å². The second kappa shape index (κ2) is 6.04. The van der Waals surface area contributed by atoms with Crippen molar-refractivity contribution in [2.75, 3.05) is 6.54 Å². The molecule has 114 valence electrons. The Hall–Kier alpha value is -1.23. The van der Waals surface area contributed by atoms with Crippen LogP contribution in [-0.2, 0) is 4.74 Å². The minimum Gasteiger partial charge on any atom is -0.444 e. The van der Waals surface area contributed by atoms with Gasteiger partial charge in [-0.3, -0.25) is 0 Å². The number of carbonyl (C=O) groups excluding carboxylic acids is 1. The highest BCUT2D eigenvalue weighted by molar-refractivity contribution is 5.68. The average molecular weight is 281 g/mol. The quantitative estimate of drug-likeness (QED) is 0.736. The van der Waals surface area contributed by atoms with Crippen LogP contribution in [0.5, 0.6) is 0 Å². The van der Waals surface area contributed by atoms with Crippen LogP contribution < -0.4 is 16.0 Å². The standard InChI is InChI=1S/C15H27N3O2/c1-10(13-6-5-7-16-13)17-11-8-12(9-11)18-14(19)20-15(2,3)4/h11-13,16-17H,1,5-9H2,2-4H3,(H,18,19). The lowest BCUT2D eigenvalue weighted by molar-refractivity contribution is 0.0467. The van der Waals surface area contributed by atoms with E-state index >= 15 is 0 Å². The summed E-state index contributed by atoms with van der Waals surface area (Å²) >= 11 is 0. The molecule has 0 radical (unpaired) electrons. The number of amides is 1. The normalized spacial score (nSPS) is 29.4. The summed E-state index contributed by atoms with van der Waals surface area (Å²) < 4.78 is 5.24. The minimum absolute atomic E-state index is 0.215. The predicted octanol–water partition coefficient (Wildman–Crippen LogP) is 1.90. The molecule has 0 aromatic rings. The fraction of sp³-hybridized carbons (Fsp3) is 0.800. The number of alkyl carbamates (subject to hydrolysis) is 1. The Kier molecular flexibility index (Phi) is 4.58. The van der Waals surface area contributed by atoms with Crippen LogP contribution in [0.1, 0.15) is 46.5 Å². The lowest BCUT2D eigenvalue weighted by atomic mass is 9.86. The Morgan fingerprint density at radius 2 is 1.90 bits per heavy atom. The van der Waals surface area contributed by atoms with Crippen molar-refractivity contribution in [2.45, 2.75) is 70.2 Å². The molecule has 2 fully saturated rings. The van der Waals surface area contributed by atoms with Crippen LogP contribution in [0.25, 0.3) is 0 Å². The molecule has 1 atom stereocenters. The van der Waals surface area contributed by atoms with Gasteiger partial charge >= 0.3 is 6.09 Å². The van der Waals surface area contributed by atoms with E-state index in [1.54, 1.807) is 0 Å². The van der Waals surface area contributed by atoms with Crippen molar-refractivity contribution >= 4 is 6.09 Å². The van der Waals surface area contributed by atoms with Crippen molar-refractivity contribution in [3.63, 3.8) is 0 Å². The predicted molar refractivity (Wildman–Crippen MR) is 79.5 cm³/mol. The summed E-state index contributed by atoms with van der Waals surface area (Å²) in [5.74, 6) is 0. The van der Waals surface area contributed by atoms with Crippen molar-refractivity contribution in [1.29, 1.82) is 0 Å². The van der Waals surface area contributed by atoms with Crippen LogP contribution in [0.2, 0.25) is 0 Å². The Morgan fingerprint density at radius 3 is 2.45 bits per heavy atom. The molecule has 1 aliphatic carbocycles. The van der Waals surface area contributed by atoms with Gasteiger partial charge in [0, 0.05) is 23.8 Å². The van der Waals surface area contributed by atoms with Gasteiger partial charge in [0.1, 0.15) is 5.60 Å². The van der Waals surface area contributed by atoms with E-state index in [1.165, 1.54) is 6.42 Å². The van der Waals surface area contributed by atoms with Crippen molar-refractivity contribution in [1.82, 2.24) is 16.0 Å². The number of nitrogens with one attached hydrogen (secondary N) is 3. The van der Waals surface area contributed by atoms with Crippen LogP contribution in [0.3, 0.4) is 0 Å². The van der Waals surface area contributed by atoms with Crippen LogP contribution in [0.4, 0.5) is 4.79 Å². The summed E-state index contributed by atoms with van der Waals surface area (Å²) in [6.45, 7) is 10.8. The summed E-state index contributed by atoms with van der Waals surface area (Å²) in [4.78, 5) is 11.6. The lowest BCUT2D eigenvalue weighted by Gasteiger charge is -2.38. The molecule has 3 N–H and O–H groups in total. The van der Waals surface area contributed by atoms with Gasteiger partial charge in [-0.1, -0.05) is 6.58 Å². The third-order valence-corrected chi connectivity index (χ3v) is 3.73. The SMILES string of the molecule is C=C(NC1CC(NC(=O)OC(C)(C)C)C1)C1CCCN1. The van der Waals surface area contributed by atoms with E-state index in [1.807, 2.05) is 20.8 Å². The summed E-state index contributed by atoms with van der Waals surface area (Å²) in [5, 5.41) is 9.79. The molecular weight excluding hydrogens is 254 g/mol. The molecule has 0 aromatic heterocycles. The van der Waals surface area contributed by atoms with E-state index in [4.69, 9.17) is 4.74 Å². The lowest BCUT2D eigenvalue weighted by Crippen LogP contribution is -2.53. The Labute approximate surface area is 121 Å². The summed E-state index contributed by atoms with van der Waals surface area (Å²) in [6, 6.07) is 1.05. The molecule has 0 aromatic carbocycles. The maximum atomic E-state index is 11.6. The average Bonchev–Trinajstić information content (AvgIpc) is 2.76. The van der Waals surface area contributed by atoms with Gasteiger partial charge in [-0.05, 0) is 53.0 Å². The van der Waals surface area contributed by atoms with Crippen molar-refractivity contribution in [3.05, 3.63) is 12.3 Å². The first-order valence-electron chi connectivity index (χ1n) is 7.52. The van der Waals surface area contributed by atoms with E-state index in [0.717, 1.165) is 31.5 Å². The van der Waals surface area contributed by atoms with Crippen LogP contribution in [0.15, 0.2) is 12.3 Å². The second-order valence-electron chi connectivity index (χ2n) is 6.83. The number of ether oxygens (including phenoxy) is 1. The third kappa shape index (κ3) is 4.40. The third-order valence-electron chi connectivity index (χ3n) is 3.73. The zero-order valence-corrected chi connectivity index (χ0v) is 12.8. The maximum absolute atomic E-state index is 11.6. The first kappa shape index (κ1) is 15.2. The molecule has 1 aliphatic heterocycles. The first-order chi connectivity index (χ1) is 9.33. The molecule has 5 nitrogen and oxygen atoms in total. The molecular formula is C15H27N3O2. The van der Waals surface area contributed by atoms with Crippen molar-refractivity contribution in [3.8, 4) is 0 Å². The topological polar surface area (TPSA) is 62.4 Å². The smallest absolute Gasteiger partial charge is 0.407 e. The molecule has 1 saturated carbocycles. The van der Waals surface area contributed by atoms with E-state index in [0.29, 0.717) is 12.1 Å². The monoisotopic (exact) mass is 281 g/mol. The van der Waals surface area contributed by atoms with Gasteiger partial charge in [-0.15, -0.1) is 0 Å². The summed E-state index contributed by atoms with van der Waals surface area (Å²) in [7, 11) is 0. The van der Waals surface area contributed by atoms with Gasteiger partial charge in [0.25, 0.3) is 0 Å². The molecule has 2 rings (SSSR count). The Bertz CT molecular complexity index is 364. The van der Waals surface area contributed by atoms with Gasteiger partial charge in [0.05, 0.1) is 0 Å². The van der Waals surface area contributed by atoms with Gasteiger partial charge < -0.3 is 20.7 Å².